The van der Waals surface area contributed by atoms with Gasteiger partial charge in [0.25, 0.3) is 0 Å². The second kappa shape index (κ2) is 11.5. The van der Waals surface area contributed by atoms with Crippen LogP contribution in [0.2, 0.25) is 0 Å². The van der Waals surface area contributed by atoms with Crippen molar-refractivity contribution in [2.45, 2.75) is 45.6 Å². The minimum Gasteiger partial charge on any atom is -0.494 e. The average Bonchev–Trinajstić information content (AvgIpc) is 2.61. The van der Waals surface area contributed by atoms with Crippen molar-refractivity contribution in [1.82, 2.24) is 9.80 Å². The fourth-order valence-corrected chi connectivity index (χ4v) is 3.20. The quantitative estimate of drug-likeness (QED) is 0.632. The van der Waals surface area contributed by atoms with Crippen molar-refractivity contribution in [3.8, 4) is 5.75 Å². The van der Waals surface area contributed by atoms with Crippen molar-refractivity contribution in [3.63, 3.8) is 0 Å². The predicted molar refractivity (Wildman–Crippen MR) is 101 cm³/mol. The highest BCUT2D eigenvalue weighted by atomic mass is 16.5. The predicted octanol–water partition coefficient (Wildman–Crippen LogP) is 3.11. The average molecular weight is 334 g/mol. The van der Waals surface area contributed by atoms with Crippen LogP contribution in [0.25, 0.3) is 0 Å². The van der Waals surface area contributed by atoms with Gasteiger partial charge in [-0.25, -0.2) is 0 Å². The Morgan fingerprint density at radius 2 is 1.79 bits per heavy atom. The van der Waals surface area contributed by atoms with Crippen LogP contribution in [0.5, 0.6) is 5.75 Å². The Kier molecular flexibility index (Phi) is 9.18. The summed E-state index contributed by atoms with van der Waals surface area (Å²) in [5, 5.41) is 0. The molecule has 0 saturated carbocycles. The number of hydrogen-bond acceptors (Lipinski definition) is 4. The van der Waals surface area contributed by atoms with Crippen LogP contribution in [0, 0.1) is 0 Å². The molecule has 1 aliphatic rings. The maximum atomic E-state index is 5.91. The van der Waals surface area contributed by atoms with Gasteiger partial charge in [0.1, 0.15) is 5.75 Å². The van der Waals surface area contributed by atoms with Gasteiger partial charge in [-0.2, -0.15) is 0 Å². The molecule has 1 aromatic rings. The number of hydrogen-bond donors (Lipinski definition) is 1. The van der Waals surface area contributed by atoms with Crippen LogP contribution in [0.15, 0.2) is 24.3 Å². The third kappa shape index (κ3) is 7.20. The minimum absolute atomic E-state index is 0.797. The summed E-state index contributed by atoms with van der Waals surface area (Å²) in [4.78, 5) is 5.07. The van der Waals surface area contributed by atoms with Crippen molar-refractivity contribution in [2.24, 2.45) is 5.73 Å². The molecule has 2 N–H and O–H groups in total. The van der Waals surface area contributed by atoms with E-state index in [2.05, 4.69) is 41.0 Å². The van der Waals surface area contributed by atoms with Crippen molar-refractivity contribution >= 4 is 0 Å². The fourth-order valence-electron chi connectivity index (χ4n) is 3.20. The van der Waals surface area contributed by atoms with E-state index in [-0.39, 0.29) is 0 Å². The zero-order valence-corrected chi connectivity index (χ0v) is 15.4. The van der Waals surface area contributed by atoms with Crippen molar-refractivity contribution in [1.29, 1.82) is 0 Å². The summed E-state index contributed by atoms with van der Waals surface area (Å²) in [5.74, 6) is 1.02. The third-order valence-electron chi connectivity index (χ3n) is 4.71. The van der Waals surface area contributed by atoms with E-state index in [0.29, 0.717) is 0 Å². The number of unbranched alkanes of at least 4 members (excludes halogenated alkanes) is 3. The lowest BCUT2D eigenvalue weighted by molar-refractivity contribution is 0.126. The lowest BCUT2D eigenvalue weighted by Gasteiger charge is -2.34. The van der Waals surface area contributed by atoms with Crippen molar-refractivity contribution in [2.75, 3.05) is 45.9 Å². The Bertz CT molecular complexity index is 444. The lowest BCUT2D eigenvalue weighted by atomic mass is 10.2. The van der Waals surface area contributed by atoms with E-state index >= 15 is 0 Å². The fraction of sp³-hybridized carbons (Fsp3) is 0.700. The van der Waals surface area contributed by atoms with Gasteiger partial charge < -0.3 is 15.4 Å². The van der Waals surface area contributed by atoms with Crippen LogP contribution in [-0.4, -0.2) is 55.7 Å². The molecular weight excluding hydrogens is 298 g/mol. The van der Waals surface area contributed by atoms with Crippen LogP contribution < -0.4 is 10.5 Å². The van der Waals surface area contributed by atoms with Crippen LogP contribution in [0.3, 0.4) is 0 Å². The Morgan fingerprint density at radius 3 is 2.54 bits per heavy atom. The third-order valence-corrected chi connectivity index (χ3v) is 4.71. The largest absolute Gasteiger partial charge is 0.494 e. The second-order valence-electron chi connectivity index (χ2n) is 6.82. The minimum atomic E-state index is 0.797. The molecule has 4 nitrogen and oxygen atoms in total. The molecule has 24 heavy (non-hydrogen) atoms. The molecule has 1 saturated heterocycles. The molecule has 1 fully saturated rings. The molecular formula is C20H35N3O. The van der Waals surface area contributed by atoms with Gasteiger partial charge in [0.05, 0.1) is 6.61 Å². The summed E-state index contributed by atoms with van der Waals surface area (Å²) in [6.45, 7) is 10.7. The van der Waals surface area contributed by atoms with Crippen LogP contribution in [0.4, 0.5) is 0 Å². The molecule has 0 spiro atoms. The zero-order valence-electron chi connectivity index (χ0n) is 15.4. The van der Waals surface area contributed by atoms with Crippen LogP contribution in [0.1, 0.15) is 44.6 Å². The highest BCUT2D eigenvalue weighted by Crippen LogP contribution is 2.16. The number of piperazine rings is 1. The highest BCUT2D eigenvalue weighted by molar-refractivity contribution is 5.28. The van der Waals surface area contributed by atoms with Gasteiger partial charge in [-0.3, -0.25) is 4.90 Å². The van der Waals surface area contributed by atoms with Crippen LogP contribution in [-0.2, 0) is 6.54 Å². The summed E-state index contributed by atoms with van der Waals surface area (Å²) in [7, 11) is 0. The zero-order chi connectivity index (χ0) is 17.0. The Balaban J connectivity index is 1.70. The van der Waals surface area contributed by atoms with Crippen molar-refractivity contribution < 1.29 is 4.74 Å². The maximum Gasteiger partial charge on any atom is 0.119 e. The molecule has 1 heterocycles. The standard InChI is InChI=1S/C20H35N3O/c1-2-3-4-5-16-24-20-9-6-8-19(17-20)18-23-14-12-22(13-15-23)11-7-10-21/h6,8-9,17H,2-5,7,10-16,18,21H2,1H3. The first-order chi connectivity index (χ1) is 11.8. The molecule has 0 amide bonds. The van der Waals surface area contributed by atoms with Gasteiger partial charge in [-0.1, -0.05) is 38.3 Å². The Labute approximate surface area is 148 Å². The molecule has 1 aromatic carbocycles. The number of rotatable bonds is 11. The lowest BCUT2D eigenvalue weighted by Crippen LogP contribution is -2.46. The van der Waals surface area contributed by atoms with E-state index in [0.717, 1.165) is 71.0 Å². The van der Waals surface area contributed by atoms with E-state index in [1.807, 2.05) is 0 Å². The summed E-state index contributed by atoms with van der Waals surface area (Å²) in [6, 6.07) is 8.62. The van der Waals surface area contributed by atoms with Gasteiger partial charge >= 0.3 is 0 Å². The van der Waals surface area contributed by atoms with Gasteiger partial charge in [0, 0.05) is 32.7 Å². The van der Waals surface area contributed by atoms with E-state index in [4.69, 9.17) is 10.5 Å². The molecule has 4 heteroatoms. The first-order valence-corrected chi connectivity index (χ1v) is 9.68. The van der Waals surface area contributed by atoms with E-state index in [1.54, 1.807) is 0 Å². The monoisotopic (exact) mass is 333 g/mol. The molecule has 0 aliphatic carbocycles. The normalized spacial score (nSPS) is 16.4. The highest BCUT2D eigenvalue weighted by Gasteiger charge is 2.16. The number of nitrogens with two attached hydrogens (primary N) is 1. The SMILES string of the molecule is CCCCCCOc1cccc(CN2CCN(CCCN)CC2)c1. The van der Waals surface area contributed by atoms with E-state index in [9.17, 15) is 0 Å². The summed E-state index contributed by atoms with van der Waals surface area (Å²) >= 11 is 0. The molecule has 0 bridgehead atoms. The first kappa shape index (κ1) is 19.2. The van der Waals surface area contributed by atoms with E-state index < -0.39 is 0 Å². The molecule has 2 rings (SSSR count). The number of ether oxygens (including phenoxy) is 1. The second-order valence-corrected chi connectivity index (χ2v) is 6.82. The van der Waals surface area contributed by atoms with Crippen LogP contribution >= 0.6 is 0 Å². The van der Waals surface area contributed by atoms with Gasteiger partial charge in [-0.15, -0.1) is 0 Å². The van der Waals surface area contributed by atoms with Gasteiger partial charge in [0.15, 0.2) is 0 Å². The first-order valence-electron chi connectivity index (χ1n) is 9.68. The summed E-state index contributed by atoms with van der Waals surface area (Å²) < 4.78 is 5.91. The summed E-state index contributed by atoms with van der Waals surface area (Å²) in [6.07, 6.45) is 6.11. The maximum absolute atomic E-state index is 5.91. The Hall–Kier alpha value is -1.10. The molecule has 0 unspecified atom stereocenters. The smallest absolute Gasteiger partial charge is 0.119 e. The Morgan fingerprint density at radius 1 is 1.00 bits per heavy atom. The number of benzene rings is 1. The summed E-state index contributed by atoms with van der Waals surface area (Å²) in [5.41, 5.74) is 6.96. The molecule has 136 valence electrons. The topological polar surface area (TPSA) is 41.7 Å². The molecule has 0 aromatic heterocycles. The van der Waals surface area contributed by atoms with Crippen molar-refractivity contribution in [3.05, 3.63) is 29.8 Å². The molecule has 1 aliphatic heterocycles. The molecule has 0 radical (unpaired) electrons. The molecule has 0 atom stereocenters. The van der Waals surface area contributed by atoms with Gasteiger partial charge in [0.2, 0.25) is 0 Å². The number of nitrogens with zero attached hydrogens (tertiary/aromatic N) is 2. The van der Waals surface area contributed by atoms with Gasteiger partial charge in [-0.05, 0) is 43.6 Å². The van der Waals surface area contributed by atoms with E-state index in [1.165, 1.54) is 24.8 Å².